The molecule has 2 saturated heterocycles. The quantitative estimate of drug-likeness (QED) is 0.322. The first kappa shape index (κ1) is 30.1. The predicted octanol–water partition coefficient (Wildman–Crippen LogP) is 5.13. The van der Waals surface area contributed by atoms with Crippen LogP contribution in [0.15, 0.2) is 66.9 Å². The second-order valence-electron chi connectivity index (χ2n) is 11.3. The number of nitrogens with zero attached hydrogens (tertiary/aromatic N) is 4. The van der Waals surface area contributed by atoms with Gasteiger partial charge in [-0.05, 0) is 85.8 Å². The molecule has 2 aliphatic heterocycles. The number of likely N-dealkylation sites (tertiary alicyclic amines) is 2. The van der Waals surface area contributed by atoms with Gasteiger partial charge in [-0.1, -0.05) is 12.1 Å². The third-order valence-corrected chi connectivity index (χ3v) is 8.53. The molecule has 2 atom stereocenters. The molecule has 5 rings (SSSR count). The average molecular weight is 583 g/mol. The fourth-order valence-corrected chi connectivity index (χ4v) is 5.87. The SMILES string of the molecule is COc1ccc(C(=O)C2CCN(C(=O)c3ccc(C(=O)C[C@H]4CCN(Cc5ccc(C#N)cc5)CC4F)cn3)CC2)cc1. The number of halogens is 1. The maximum atomic E-state index is 15.0. The molecule has 0 spiro atoms. The molecule has 9 heteroatoms. The van der Waals surface area contributed by atoms with Gasteiger partial charge in [-0.2, -0.15) is 5.26 Å². The Bertz CT molecular complexity index is 1480. The molecule has 43 heavy (non-hydrogen) atoms. The van der Waals surface area contributed by atoms with Gasteiger partial charge in [0.25, 0.3) is 5.91 Å². The third-order valence-electron chi connectivity index (χ3n) is 8.53. The molecule has 222 valence electrons. The summed E-state index contributed by atoms with van der Waals surface area (Å²) in [5.74, 6) is -0.157. The molecular formula is C34H35FN4O4. The zero-order valence-electron chi connectivity index (χ0n) is 24.2. The summed E-state index contributed by atoms with van der Waals surface area (Å²) in [4.78, 5) is 46.9. The summed E-state index contributed by atoms with van der Waals surface area (Å²) >= 11 is 0. The first-order valence-electron chi connectivity index (χ1n) is 14.7. The number of ketones is 2. The second kappa shape index (κ2) is 13.7. The predicted molar refractivity (Wildman–Crippen MR) is 159 cm³/mol. The number of hydrogen-bond donors (Lipinski definition) is 0. The van der Waals surface area contributed by atoms with Crippen LogP contribution in [-0.2, 0) is 6.54 Å². The summed E-state index contributed by atoms with van der Waals surface area (Å²) in [6.07, 6.45) is 2.10. The number of aromatic nitrogens is 1. The number of hydrogen-bond acceptors (Lipinski definition) is 7. The molecule has 2 fully saturated rings. The van der Waals surface area contributed by atoms with Crippen LogP contribution in [0.5, 0.6) is 5.75 Å². The van der Waals surface area contributed by atoms with E-state index in [-0.39, 0.29) is 48.0 Å². The van der Waals surface area contributed by atoms with E-state index in [4.69, 9.17) is 10.00 Å². The van der Waals surface area contributed by atoms with Gasteiger partial charge in [-0.15, -0.1) is 0 Å². The van der Waals surface area contributed by atoms with Crippen molar-refractivity contribution in [1.82, 2.24) is 14.8 Å². The Kier molecular flexibility index (Phi) is 9.58. The molecule has 0 radical (unpaired) electrons. The summed E-state index contributed by atoms with van der Waals surface area (Å²) < 4.78 is 20.2. The number of rotatable bonds is 9. The number of carbonyl (C=O) groups excluding carboxylic acids is 3. The highest BCUT2D eigenvalue weighted by Gasteiger charge is 2.32. The van der Waals surface area contributed by atoms with Crippen molar-refractivity contribution in [3.63, 3.8) is 0 Å². The van der Waals surface area contributed by atoms with Gasteiger partial charge in [-0.25, -0.2) is 4.39 Å². The van der Waals surface area contributed by atoms with E-state index in [2.05, 4.69) is 11.1 Å². The maximum Gasteiger partial charge on any atom is 0.272 e. The van der Waals surface area contributed by atoms with Crippen LogP contribution in [0.25, 0.3) is 0 Å². The molecule has 1 unspecified atom stereocenters. The van der Waals surface area contributed by atoms with Crippen LogP contribution in [0, 0.1) is 23.2 Å². The molecule has 2 aromatic carbocycles. The van der Waals surface area contributed by atoms with E-state index in [1.165, 1.54) is 6.20 Å². The van der Waals surface area contributed by atoms with Crippen molar-refractivity contribution in [3.05, 3.63) is 94.8 Å². The summed E-state index contributed by atoms with van der Waals surface area (Å²) in [5, 5.41) is 8.95. The fraction of sp³-hybridized carbons (Fsp3) is 0.382. The number of nitriles is 1. The average Bonchev–Trinajstić information content (AvgIpc) is 3.06. The van der Waals surface area contributed by atoms with Crippen molar-refractivity contribution in [2.75, 3.05) is 33.3 Å². The van der Waals surface area contributed by atoms with E-state index in [9.17, 15) is 14.4 Å². The minimum atomic E-state index is -1.12. The first-order chi connectivity index (χ1) is 20.8. The van der Waals surface area contributed by atoms with E-state index in [0.717, 1.165) is 5.56 Å². The van der Waals surface area contributed by atoms with Crippen molar-refractivity contribution < 1.29 is 23.5 Å². The number of pyridine rings is 1. The highest BCUT2D eigenvalue weighted by molar-refractivity contribution is 5.99. The number of ether oxygens (including phenoxy) is 1. The Labute approximate surface area is 251 Å². The number of Topliss-reactive ketones (excluding diaryl/α,β-unsaturated/α-hetero) is 2. The Hall–Kier alpha value is -4.42. The highest BCUT2D eigenvalue weighted by atomic mass is 19.1. The van der Waals surface area contributed by atoms with Gasteiger partial charge in [-0.3, -0.25) is 24.3 Å². The van der Waals surface area contributed by atoms with Gasteiger partial charge in [0.2, 0.25) is 0 Å². The molecule has 1 amide bonds. The molecule has 1 aromatic heterocycles. The molecule has 3 aromatic rings. The molecule has 0 N–H and O–H groups in total. The minimum Gasteiger partial charge on any atom is -0.497 e. The standard InChI is InChI=1S/C34H35FN4O4/c1-43-29-9-6-25(7-10-29)33(41)26-13-16-39(17-14-26)34(42)31-11-8-28(20-37-31)32(40)18-27-12-15-38(22-30(27)35)21-24-4-2-23(19-36)3-5-24/h2-11,20,26-27,30H,12-18,21-22H2,1H3/t27-,30?/m1/s1. The molecule has 0 saturated carbocycles. The minimum absolute atomic E-state index is 0.0724. The van der Waals surface area contributed by atoms with E-state index >= 15 is 4.39 Å². The van der Waals surface area contributed by atoms with Crippen LogP contribution in [-0.4, -0.2) is 71.7 Å². The Morgan fingerprint density at radius 2 is 1.65 bits per heavy atom. The van der Waals surface area contributed by atoms with Crippen LogP contribution in [0.4, 0.5) is 4.39 Å². The van der Waals surface area contributed by atoms with Crippen molar-refractivity contribution in [1.29, 1.82) is 5.26 Å². The summed E-state index contributed by atoms with van der Waals surface area (Å²) in [6, 6.07) is 19.6. The van der Waals surface area contributed by atoms with Gasteiger partial charge in [0.15, 0.2) is 11.6 Å². The van der Waals surface area contributed by atoms with Crippen LogP contribution in [0.1, 0.15) is 68.0 Å². The maximum absolute atomic E-state index is 15.0. The van der Waals surface area contributed by atoms with Crippen molar-refractivity contribution >= 4 is 17.5 Å². The number of methoxy groups -OCH3 is 1. The lowest BCUT2D eigenvalue weighted by molar-refractivity contribution is 0.0644. The topological polar surface area (TPSA) is 104 Å². The lowest BCUT2D eigenvalue weighted by Gasteiger charge is -2.34. The smallest absolute Gasteiger partial charge is 0.272 e. The van der Waals surface area contributed by atoms with Crippen LogP contribution in [0.2, 0.25) is 0 Å². The van der Waals surface area contributed by atoms with Gasteiger partial charge < -0.3 is 9.64 Å². The lowest BCUT2D eigenvalue weighted by Crippen LogP contribution is -2.42. The Balaban J connectivity index is 1.09. The first-order valence-corrected chi connectivity index (χ1v) is 14.7. The van der Waals surface area contributed by atoms with E-state index < -0.39 is 6.17 Å². The van der Waals surface area contributed by atoms with Gasteiger partial charge in [0.05, 0.1) is 18.7 Å². The second-order valence-corrected chi connectivity index (χ2v) is 11.3. The number of piperidine rings is 2. The Morgan fingerprint density at radius 3 is 2.26 bits per heavy atom. The number of amides is 1. The zero-order chi connectivity index (χ0) is 30.3. The molecule has 0 bridgehead atoms. The van der Waals surface area contributed by atoms with Crippen molar-refractivity contribution in [3.8, 4) is 11.8 Å². The monoisotopic (exact) mass is 582 g/mol. The normalized spacial score (nSPS) is 19.4. The third kappa shape index (κ3) is 7.33. The van der Waals surface area contributed by atoms with Crippen LogP contribution >= 0.6 is 0 Å². The molecule has 0 aliphatic carbocycles. The van der Waals surface area contributed by atoms with Crippen LogP contribution in [0.3, 0.4) is 0 Å². The van der Waals surface area contributed by atoms with Crippen molar-refractivity contribution in [2.45, 2.75) is 38.4 Å². The van der Waals surface area contributed by atoms with Gasteiger partial charge in [0.1, 0.15) is 17.6 Å². The van der Waals surface area contributed by atoms with E-state index in [1.54, 1.807) is 60.5 Å². The molecule has 3 heterocycles. The highest BCUT2D eigenvalue weighted by Crippen LogP contribution is 2.27. The number of carbonyl (C=O) groups is 3. The van der Waals surface area contributed by atoms with Crippen molar-refractivity contribution in [2.24, 2.45) is 11.8 Å². The van der Waals surface area contributed by atoms with Crippen LogP contribution < -0.4 is 4.74 Å². The molecule has 2 aliphatic rings. The lowest BCUT2D eigenvalue weighted by atomic mass is 9.88. The number of alkyl halides is 1. The van der Waals surface area contributed by atoms with Gasteiger partial charge >= 0.3 is 0 Å². The fourth-order valence-electron chi connectivity index (χ4n) is 5.87. The largest absolute Gasteiger partial charge is 0.497 e. The molecular weight excluding hydrogens is 547 g/mol. The van der Waals surface area contributed by atoms with E-state index in [0.29, 0.717) is 67.9 Å². The van der Waals surface area contributed by atoms with Gasteiger partial charge in [0, 0.05) is 55.8 Å². The Morgan fingerprint density at radius 1 is 0.953 bits per heavy atom. The zero-order valence-corrected chi connectivity index (χ0v) is 24.2. The van der Waals surface area contributed by atoms with E-state index in [1.807, 2.05) is 17.0 Å². The summed E-state index contributed by atoms with van der Waals surface area (Å²) in [7, 11) is 1.58. The molecule has 8 nitrogen and oxygen atoms in total. The summed E-state index contributed by atoms with van der Waals surface area (Å²) in [6.45, 7) is 2.45. The number of benzene rings is 2. The summed E-state index contributed by atoms with van der Waals surface area (Å²) in [5.41, 5.74) is 2.87.